The predicted molar refractivity (Wildman–Crippen MR) is 76.8 cm³/mol. The second-order valence-electron chi connectivity index (χ2n) is 3.84. The highest BCUT2D eigenvalue weighted by Crippen LogP contribution is 2.21. The zero-order valence-electron chi connectivity index (χ0n) is 9.84. The van der Waals surface area contributed by atoms with Crippen molar-refractivity contribution in [3.63, 3.8) is 0 Å². The Hall–Kier alpha value is -1.81. The number of thiol groups is 1. The van der Waals surface area contributed by atoms with Crippen LogP contribution in [0.5, 0.6) is 0 Å². The fourth-order valence-corrected chi connectivity index (χ4v) is 1.84. The maximum Gasteiger partial charge on any atom is 0.225 e. The van der Waals surface area contributed by atoms with Gasteiger partial charge in [0.25, 0.3) is 0 Å². The first kappa shape index (κ1) is 12.6. The molecule has 0 aliphatic carbocycles. The van der Waals surface area contributed by atoms with Crippen LogP contribution in [-0.2, 0) is 4.79 Å². The van der Waals surface area contributed by atoms with Crippen LogP contribution < -0.4 is 5.32 Å². The van der Waals surface area contributed by atoms with Crippen molar-refractivity contribution in [1.82, 2.24) is 4.98 Å². The Balaban J connectivity index is 2.18. The number of carbonyl (C=O) groups is 1. The zero-order chi connectivity index (χ0) is 12.8. The highest BCUT2D eigenvalue weighted by Gasteiger charge is 2.02. The number of aromatic nitrogens is 1. The smallest absolute Gasteiger partial charge is 0.225 e. The molecule has 0 aliphatic heterocycles. The number of hydrogen-bond acceptors (Lipinski definition) is 3. The Morgan fingerprint density at radius 2 is 2.06 bits per heavy atom. The summed E-state index contributed by atoms with van der Waals surface area (Å²) in [5.74, 6) is 0.530. The van der Waals surface area contributed by atoms with Crippen molar-refractivity contribution in [1.29, 1.82) is 0 Å². The molecule has 2 aromatic rings. The molecule has 1 N–H and O–H groups in total. The van der Waals surface area contributed by atoms with Crippen LogP contribution in [0.1, 0.15) is 6.42 Å². The molecule has 0 aliphatic rings. The molecule has 0 saturated heterocycles. The van der Waals surface area contributed by atoms with Gasteiger partial charge >= 0.3 is 0 Å². The van der Waals surface area contributed by atoms with Crippen LogP contribution in [0.15, 0.2) is 48.8 Å². The van der Waals surface area contributed by atoms with Gasteiger partial charge < -0.3 is 5.32 Å². The minimum atomic E-state index is -0.0201. The minimum absolute atomic E-state index is 0.0201. The summed E-state index contributed by atoms with van der Waals surface area (Å²) in [4.78, 5) is 15.6. The highest BCUT2D eigenvalue weighted by atomic mass is 32.1. The van der Waals surface area contributed by atoms with Gasteiger partial charge in [0.05, 0.1) is 0 Å². The van der Waals surface area contributed by atoms with Gasteiger partial charge in [-0.1, -0.05) is 18.2 Å². The maximum atomic E-state index is 11.5. The van der Waals surface area contributed by atoms with E-state index in [2.05, 4.69) is 22.9 Å². The van der Waals surface area contributed by atoms with E-state index in [1.807, 2.05) is 36.4 Å². The number of nitrogens with one attached hydrogen (secondary N) is 1. The fraction of sp³-hybridized carbons (Fsp3) is 0.143. The molecule has 0 bridgehead atoms. The number of nitrogens with zero attached hydrogens (tertiary/aromatic N) is 1. The molecule has 0 saturated carbocycles. The van der Waals surface area contributed by atoms with Gasteiger partial charge in [0.2, 0.25) is 5.91 Å². The number of hydrogen-bond donors (Lipinski definition) is 2. The quantitative estimate of drug-likeness (QED) is 0.828. The number of carbonyl (C=O) groups excluding carboxylic acids is 1. The lowest BCUT2D eigenvalue weighted by Gasteiger charge is -2.06. The van der Waals surface area contributed by atoms with Gasteiger partial charge in [0.1, 0.15) is 0 Å². The molecule has 0 unspecified atom stereocenters. The lowest BCUT2D eigenvalue weighted by molar-refractivity contribution is -0.115. The number of benzene rings is 1. The summed E-state index contributed by atoms with van der Waals surface area (Å²) in [5, 5.41) is 2.84. The Labute approximate surface area is 112 Å². The molecule has 0 radical (unpaired) electrons. The van der Waals surface area contributed by atoms with Crippen LogP contribution in [0.25, 0.3) is 11.1 Å². The summed E-state index contributed by atoms with van der Waals surface area (Å²) in [6, 6.07) is 11.6. The van der Waals surface area contributed by atoms with Gasteiger partial charge in [-0.25, -0.2) is 0 Å². The first-order chi connectivity index (χ1) is 8.79. The molecule has 18 heavy (non-hydrogen) atoms. The summed E-state index contributed by atoms with van der Waals surface area (Å²) >= 11 is 4.03. The average molecular weight is 258 g/mol. The third-order valence-electron chi connectivity index (χ3n) is 2.48. The molecule has 1 aromatic carbocycles. The van der Waals surface area contributed by atoms with Crippen molar-refractivity contribution >= 4 is 24.2 Å². The van der Waals surface area contributed by atoms with Crippen molar-refractivity contribution in [2.75, 3.05) is 11.1 Å². The van der Waals surface area contributed by atoms with Gasteiger partial charge in [-0.05, 0) is 29.5 Å². The maximum absolute atomic E-state index is 11.5. The number of amides is 1. The van der Waals surface area contributed by atoms with E-state index >= 15 is 0 Å². The van der Waals surface area contributed by atoms with Crippen LogP contribution in [0.2, 0.25) is 0 Å². The third-order valence-corrected chi connectivity index (χ3v) is 2.70. The van der Waals surface area contributed by atoms with Crippen LogP contribution >= 0.6 is 12.6 Å². The fourth-order valence-electron chi connectivity index (χ4n) is 1.64. The molecule has 4 heteroatoms. The summed E-state index contributed by atoms with van der Waals surface area (Å²) in [6.45, 7) is 0. The van der Waals surface area contributed by atoms with Crippen LogP contribution in [-0.4, -0.2) is 16.6 Å². The van der Waals surface area contributed by atoms with Gasteiger partial charge in [-0.15, -0.1) is 0 Å². The van der Waals surface area contributed by atoms with Crippen LogP contribution in [0.3, 0.4) is 0 Å². The molecule has 92 valence electrons. The van der Waals surface area contributed by atoms with E-state index in [1.54, 1.807) is 12.4 Å². The predicted octanol–water partition coefficient (Wildman–Crippen LogP) is 3.01. The van der Waals surface area contributed by atoms with Crippen molar-refractivity contribution in [2.45, 2.75) is 6.42 Å². The second-order valence-corrected chi connectivity index (χ2v) is 4.29. The standard InChI is InChI=1S/C14H14N2OS/c17-14(6-8-18)16-13-5-1-3-11(9-13)12-4-2-7-15-10-12/h1-5,7,9-10,18H,6,8H2,(H,16,17). The van der Waals surface area contributed by atoms with Crippen molar-refractivity contribution in [3.05, 3.63) is 48.8 Å². The molecule has 3 nitrogen and oxygen atoms in total. The summed E-state index contributed by atoms with van der Waals surface area (Å²) in [6.07, 6.45) is 3.96. The molecular formula is C14H14N2OS. The Bertz CT molecular complexity index is 528. The van der Waals surface area contributed by atoms with E-state index in [0.717, 1.165) is 16.8 Å². The normalized spacial score (nSPS) is 10.1. The first-order valence-corrected chi connectivity index (χ1v) is 6.34. The lowest BCUT2D eigenvalue weighted by atomic mass is 10.1. The SMILES string of the molecule is O=C(CCS)Nc1cccc(-c2cccnc2)c1. The molecule has 0 fully saturated rings. The first-order valence-electron chi connectivity index (χ1n) is 5.71. The van der Waals surface area contributed by atoms with Crippen molar-refractivity contribution in [2.24, 2.45) is 0 Å². The Morgan fingerprint density at radius 1 is 1.22 bits per heavy atom. The monoisotopic (exact) mass is 258 g/mol. The number of pyridine rings is 1. The van der Waals surface area contributed by atoms with E-state index < -0.39 is 0 Å². The van der Waals surface area contributed by atoms with Gasteiger partial charge in [0, 0.05) is 30.1 Å². The van der Waals surface area contributed by atoms with E-state index in [9.17, 15) is 4.79 Å². The molecule has 2 rings (SSSR count). The number of rotatable bonds is 4. The summed E-state index contributed by atoms with van der Waals surface area (Å²) in [7, 11) is 0. The zero-order valence-corrected chi connectivity index (χ0v) is 10.7. The van der Waals surface area contributed by atoms with E-state index in [0.29, 0.717) is 12.2 Å². The van der Waals surface area contributed by atoms with Gasteiger partial charge in [-0.3, -0.25) is 9.78 Å². The topological polar surface area (TPSA) is 42.0 Å². The highest BCUT2D eigenvalue weighted by molar-refractivity contribution is 7.80. The Morgan fingerprint density at radius 3 is 2.78 bits per heavy atom. The lowest BCUT2D eigenvalue weighted by Crippen LogP contribution is -2.11. The summed E-state index contributed by atoms with van der Waals surface area (Å²) < 4.78 is 0. The molecular weight excluding hydrogens is 244 g/mol. The molecule has 1 amide bonds. The molecule has 0 atom stereocenters. The van der Waals surface area contributed by atoms with Gasteiger partial charge in [-0.2, -0.15) is 12.6 Å². The molecule has 1 heterocycles. The van der Waals surface area contributed by atoms with E-state index in [-0.39, 0.29) is 5.91 Å². The van der Waals surface area contributed by atoms with Crippen molar-refractivity contribution in [3.8, 4) is 11.1 Å². The van der Waals surface area contributed by atoms with Crippen LogP contribution in [0, 0.1) is 0 Å². The molecule has 1 aromatic heterocycles. The Kier molecular flexibility index (Phi) is 4.36. The second kappa shape index (κ2) is 6.21. The summed E-state index contributed by atoms with van der Waals surface area (Å²) in [5.41, 5.74) is 2.86. The van der Waals surface area contributed by atoms with Crippen LogP contribution in [0.4, 0.5) is 5.69 Å². The largest absolute Gasteiger partial charge is 0.326 e. The molecule has 0 spiro atoms. The number of anilines is 1. The van der Waals surface area contributed by atoms with Gasteiger partial charge in [0.15, 0.2) is 0 Å². The van der Waals surface area contributed by atoms with E-state index in [4.69, 9.17) is 0 Å². The van der Waals surface area contributed by atoms with Crippen molar-refractivity contribution < 1.29 is 4.79 Å². The van der Waals surface area contributed by atoms with E-state index in [1.165, 1.54) is 0 Å². The average Bonchev–Trinajstić information content (AvgIpc) is 2.40. The minimum Gasteiger partial charge on any atom is -0.326 e. The third kappa shape index (κ3) is 3.34.